The third kappa shape index (κ3) is 7.59. The normalized spacial score (nSPS) is 14.2. The molecule has 3 N–H and O–H groups in total. The van der Waals surface area contributed by atoms with Gasteiger partial charge in [-0.3, -0.25) is 4.79 Å². The van der Waals surface area contributed by atoms with E-state index in [1.54, 1.807) is 0 Å². The highest BCUT2D eigenvalue weighted by atomic mass is 31.1. The smallest absolute Gasteiger partial charge is 0.300 e. The monoisotopic (exact) mass is 546 g/mol. The van der Waals surface area contributed by atoms with Crippen molar-refractivity contribution in [3.8, 4) is 17.0 Å². The van der Waals surface area contributed by atoms with Gasteiger partial charge < -0.3 is 25.0 Å². The molecule has 4 aromatic rings. The van der Waals surface area contributed by atoms with Gasteiger partial charge in [-0.05, 0) is 85.5 Å². The average Bonchev–Trinajstić information content (AvgIpc) is 3.37. The Balaban J connectivity index is 0.000000826. The molecule has 0 bridgehead atoms. The highest BCUT2D eigenvalue weighted by molar-refractivity contribution is 7.65. The first-order valence-electron chi connectivity index (χ1n) is 13.6. The zero-order valence-electron chi connectivity index (χ0n) is 23.3. The third-order valence-corrected chi connectivity index (χ3v) is 9.54. The van der Waals surface area contributed by atoms with Crippen LogP contribution in [0.25, 0.3) is 22.3 Å². The fraction of sp³-hybridized carbons (Fsp3) is 0.355. The van der Waals surface area contributed by atoms with Gasteiger partial charge >= 0.3 is 0 Å². The SMILES string of the molecule is CC(=O)O.CCP(CC)c1ccccc1Nc1ccnc2[nH]c(-c3ccc(OC4CCN(C)CC4)cc3)cc12. The van der Waals surface area contributed by atoms with Gasteiger partial charge in [0.1, 0.15) is 17.5 Å². The minimum absolute atomic E-state index is 0.155. The summed E-state index contributed by atoms with van der Waals surface area (Å²) in [6.45, 7) is 7.87. The minimum Gasteiger partial charge on any atom is -0.490 e. The molecule has 2 aromatic carbocycles. The molecule has 1 aliphatic rings. The summed E-state index contributed by atoms with van der Waals surface area (Å²) in [5, 5.41) is 13.7. The van der Waals surface area contributed by atoms with E-state index in [2.05, 4.69) is 102 Å². The number of aromatic nitrogens is 2. The standard InChI is InChI=1S/C29H35N4OP.C2H4O2/c1-4-35(5-2)28-9-7-6-8-26(28)31-25-14-17-30-29-24(25)20-27(32-29)21-10-12-22(13-11-21)34-23-15-18-33(3)19-16-23;1-2(3)4/h6-14,17,20,23H,4-5,15-16,18-19H2,1-3H3,(H2,30,31,32);1H3,(H,3,4). The van der Waals surface area contributed by atoms with Crippen molar-refractivity contribution in [2.24, 2.45) is 0 Å². The van der Waals surface area contributed by atoms with Gasteiger partial charge in [0.25, 0.3) is 5.97 Å². The van der Waals surface area contributed by atoms with Crippen LogP contribution in [0.3, 0.4) is 0 Å². The second kappa shape index (κ2) is 13.6. The first-order chi connectivity index (χ1) is 18.9. The van der Waals surface area contributed by atoms with Crippen molar-refractivity contribution in [3.63, 3.8) is 0 Å². The quantitative estimate of drug-likeness (QED) is 0.214. The van der Waals surface area contributed by atoms with Gasteiger partial charge in [-0.2, -0.15) is 0 Å². The Kier molecular flexibility index (Phi) is 9.96. The zero-order chi connectivity index (χ0) is 27.8. The molecule has 0 radical (unpaired) electrons. The first kappa shape index (κ1) is 28.6. The molecule has 1 aliphatic heterocycles. The van der Waals surface area contributed by atoms with Gasteiger partial charge in [0.15, 0.2) is 0 Å². The van der Waals surface area contributed by atoms with Crippen molar-refractivity contribution < 1.29 is 14.6 Å². The maximum absolute atomic E-state index is 9.00. The lowest BCUT2D eigenvalue weighted by Gasteiger charge is -2.29. The number of likely N-dealkylation sites (tertiary alicyclic amines) is 1. The number of benzene rings is 2. The number of rotatable bonds is 8. The number of pyridine rings is 1. The lowest BCUT2D eigenvalue weighted by atomic mass is 10.1. The Morgan fingerprint density at radius 2 is 1.74 bits per heavy atom. The largest absolute Gasteiger partial charge is 0.490 e. The average molecular weight is 547 g/mol. The van der Waals surface area contributed by atoms with Gasteiger partial charge in [0.05, 0.1) is 5.69 Å². The molecule has 0 atom stereocenters. The van der Waals surface area contributed by atoms with Crippen LogP contribution >= 0.6 is 7.92 Å². The molecule has 206 valence electrons. The summed E-state index contributed by atoms with van der Waals surface area (Å²) >= 11 is 0. The summed E-state index contributed by atoms with van der Waals surface area (Å²) in [4.78, 5) is 19.5. The summed E-state index contributed by atoms with van der Waals surface area (Å²) in [5.41, 5.74) is 5.36. The van der Waals surface area contributed by atoms with Crippen molar-refractivity contribution in [2.75, 3.05) is 37.8 Å². The Labute approximate surface area is 232 Å². The number of nitrogens with one attached hydrogen (secondary N) is 2. The van der Waals surface area contributed by atoms with Crippen LogP contribution in [0, 0.1) is 0 Å². The van der Waals surface area contributed by atoms with Gasteiger partial charge in [0, 0.05) is 43.0 Å². The number of aromatic amines is 1. The zero-order valence-corrected chi connectivity index (χ0v) is 24.2. The van der Waals surface area contributed by atoms with E-state index in [1.165, 1.54) is 23.3 Å². The molecule has 39 heavy (non-hydrogen) atoms. The molecule has 8 heteroatoms. The number of H-pyrrole nitrogens is 1. The van der Waals surface area contributed by atoms with Crippen LogP contribution in [-0.2, 0) is 4.79 Å². The number of anilines is 2. The molecule has 1 fully saturated rings. The number of hydrogen-bond donors (Lipinski definition) is 3. The van der Waals surface area contributed by atoms with E-state index >= 15 is 0 Å². The molecule has 1 saturated heterocycles. The van der Waals surface area contributed by atoms with Gasteiger partial charge in [0.2, 0.25) is 0 Å². The molecular formula is C31H39N4O3P. The Morgan fingerprint density at radius 1 is 1.08 bits per heavy atom. The maximum Gasteiger partial charge on any atom is 0.300 e. The molecule has 5 rings (SSSR count). The van der Waals surface area contributed by atoms with E-state index in [0.717, 1.165) is 66.6 Å². The topological polar surface area (TPSA) is 90.5 Å². The van der Waals surface area contributed by atoms with Crippen LogP contribution < -0.4 is 15.4 Å². The van der Waals surface area contributed by atoms with E-state index in [1.807, 2.05) is 6.20 Å². The summed E-state index contributed by atoms with van der Waals surface area (Å²) in [6.07, 6.45) is 6.75. The Hall–Kier alpha value is -3.41. The minimum atomic E-state index is -0.833. The number of aliphatic carboxylic acids is 1. The number of fused-ring (bicyclic) bond motifs is 1. The number of piperidine rings is 1. The van der Waals surface area contributed by atoms with Crippen LogP contribution in [0.4, 0.5) is 11.4 Å². The molecule has 0 amide bonds. The number of carboxylic acid groups (broad SMARTS) is 1. The number of hydrogen-bond acceptors (Lipinski definition) is 5. The van der Waals surface area contributed by atoms with Crippen LogP contribution in [0.2, 0.25) is 0 Å². The molecule has 3 heterocycles. The van der Waals surface area contributed by atoms with Crippen molar-refractivity contribution in [1.82, 2.24) is 14.9 Å². The van der Waals surface area contributed by atoms with E-state index in [9.17, 15) is 0 Å². The van der Waals surface area contributed by atoms with E-state index in [0.29, 0.717) is 6.10 Å². The van der Waals surface area contributed by atoms with Gasteiger partial charge in [-0.15, -0.1) is 0 Å². The molecule has 2 aromatic heterocycles. The van der Waals surface area contributed by atoms with Crippen LogP contribution in [0.1, 0.15) is 33.6 Å². The van der Waals surface area contributed by atoms with Gasteiger partial charge in [-0.1, -0.05) is 40.0 Å². The van der Waals surface area contributed by atoms with Crippen molar-refractivity contribution in [1.29, 1.82) is 0 Å². The predicted molar refractivity (Wildman–Crippen MR) is 163 cm³/mol. The Bertz CT molecular complexity index is 1360. The molecular weight excluding hydrogens is 507 g/mol. The molecule has 0 saturated carbocycles. The van der Waals surface area contributed by atoms with Crippen molar-refractivity contribution >= 4 is 41.6 Å². The number of carboxylic acids is 1. The fourth-order valence-electron chi connectivity index (χ4n) is 4.86. The van der Waals surface area contributed by atoms with E-state index in [-0.39, 0.29) is 7.92 Å². The van der Waals surface area contributed by atoms with Crippen molar-refractivity contribution in [2.45, 2.75) is 39.7 Å². The lowest BCUT2D eigenvalue weighted by Crippen LogP contribution is -2.35. The first-order valence-corrected chi connectivity index (χ1v) is 15.3. The second-order valence-corrected chi connectivity index (χ2v) is 12.6. The third-order valence-electron chi connectivity index (χ3n) is 6.94. The second-order valence-electron chi connectivity index (χ2n) is 9.78. The predicted octanol–water partition coefficient (Wildman–Crippen LogP) is 6.68. The molecule has 0 aliphatic carbocycles. The lowest BCUT2D eigenvalue weighted by molar-refractivity contribution is -0.134. The van der Waals surface area contributed by atoms with Crippen molar-refractivity contribution in [3.05, 3.63) is 66.9 Å². The molecule has 0 spiro atoms. The number of carbonyl (C=O) groups is 1. The summed E-state index contributed by atoms with van der Waals surface area (Å²) < 4.78 is 6.23. The number of ether oxygens (including phenoxy) is 1. The van der Waals surface area contributed by atoms with E-state index in [4.69, 9.17) is 14.6 Å². The van der Waals surface area contributed by atoms with Crippen LogP contribution in [-0.4, -0.2) is 64.5 Å². The van der Waals surface area contributed by atoms with Crippen LogP contribution in [0.15, 0.2) is 66.9 Å². The van der Waals surface area contributed by atoms with Gasteiger partial charge in [-0.25, -0.2) is 4.98 Å². The number of para-hydroxylation sites is 1. The molecule has 0 unspecified atom stereocenters. The number of nitrogens with zero attached hydrogens (tertiary/aromatic N) is 2. The summed E-state index contributed by atoms with van der Waals surface area (Å²) in [6, 6.07) is 21.4. The Morgan fingerprint density at radius 3 is 2.41 bits per heavy atom. The highest BCUT2D eigenvalue weighted by Crippen LogP contribution is 2.38. The van der Waals surface area contributed by atoms with Crippen LogP contribution in [0.5, 0.6) is 5.75 Å². The summed E-state index contributed by atoms with van der Waals surface area (Å²) in [7, 11) is 2.02. The maximum atomic E-state index is 9.00. The van der Waals surface area contributed by atoms with E-state index < -0.39 is 5.97 Å². The highest BCUT2D eigenvalue weighted by Gasteiger charge is 2.18. The fourth-order valence-corrected chi connectivity index (χ4v) is 6.76. The molecule has 7 nitrogen and oxygen atoms in total. The summed E-state index contributed by atoms with van der Waals surface area (Å²) in [5.74, 6) is 0.111.